The van der Waals surface area contributed by atoms with E-state index in [1.54, 1.807) is 30.1 Å². The number of nitrogens with one attached hydrogen (secondary N) is 1. The summed E-state index contributed by atoms with van der Waals surface area (Å²) in [4.78, 5) is 29.9. The average Bonchev–Trinajstić information content (AvgIpc) is 3.07. The molecule has 0 unspecified atom stereocenters. The zero-order chi connectivity index (χ0) is 25.1. The lowest BCUT2D eigenvalue weighted by atomic mass is 10.1. The number of carbonyl (C=O) groups is 1. The Hall–Kier alpha value is -3.89. The number of anilines is 1. The van der Waals surface area contributed by atoms with Crippen LogP contribution in [-0.4, -0.2) is 60.9 Å². The summed E-state index contributed by atoms with van der Waals surface area (Å²) >= 11 is 0. The SMILES string of the molecule is CN1CCCN(c2ncnc3ccc(-c4cccc(S(=O)(=O)NCc5ccccc5)c4)nc23)CC1=O. The molecule has 2 aromatic heterocycles. The molecule has 5 rings (SSSR count). The predicted octanol–water partition coefficient (Wildman–Crippen LogP) is 2.84. The molecule has 184 valence electrons. The van der Waals surface area contributed by atoms with Crippen molar-refractivity contribution in [3.63, 3.8) is 0 Å². The van der Waals surface area contributed by atoms with Gasteiger partial charge in [0.15, 0.2) is 5.82 Å². The molecule has 2 aromatic carbocycles. The van der Waals surface area contributed by atoms with Gasteiger partial charge >= 0.3 is 0 Å². The van der Waals surface area contributed by atoms with Gasteiger partial charge in [-0.2, -0.15) is 0 Å². The van der Waals surface area contributed by atoms with E-state index in [-0.39, 0.29) is 23.9 Å². The fraction of sp³-hybridized carbons (Fsp3) is 0.231. The highest BCUT2D eigenvalue weighted by Crippen LogP contribution is 2.27. The zero-order valence-electron chi connectivity index (χ0n) is 19.8. The first-order valence-electron chi connectivity index (χ1n) is 11.7. The van der Waals surface area contributed by atoms with Gasteiger partial charge < -0.3 is 9.80 Å². The lowest BCUT2D eigenvalue weighted by molar-refractivity contribution is -0.127. The molecule has 0 aliphatic carbocycles. The molecule has 1 saturated heterocycles. The van der Waals surface area contributed by atoms with Crippen molar-refractivity contribution in [1.29, 1.82) is 0 Å². The number of benzene rings is 2. The third-order valence-electron chi connectivity index (χ3n) is 6.18. The van der Waals surface area contributed by atoms with Gasteiger partial charge in [0.25, 0.3) is 0 Å². The van der Waals surface area contributed by atoms with Crippen LogP contribution >= 0.6 is 0 Å². The van der Waals surface area contributed by atoms with Crippen molar-refractivity contribution in [2.45, 2.75) is 17.9 Å². The van der Waals surface area contributed by atoms with Gasteiger partial charge in [-0.3, -0.25) is 4.79 Å². The van der Waals surface area contributed by atoms with E-state index in [4.69, 9.17) is 4.98 Å². The molecule has 1 N–H and O–H groups in total. The molecule has 1 aliphatic heterocycles. The maximum absolute atomic E-state index is 13.0. The van der Waals surface area contributed by atoms with Gasteiger partial charge in [0, 0.05) is 32.2 Å². The fourth-order valence-corrected chi connectivity index (χ4v) is 5.23. The number of hydrogen-bond acceptors (Lipinski definition) is 7. The quantitative estimate of drug-likeness (QED) is 0.432. The summed E-state index contributed by atoms with van der Waals surface area (Å²) in [6.07, 6.45) is 2.30. The number of amides is 1. The Morgan fingerprint density at radius 1 is 0.972 bits per heavy atom. The molecule has 3 heterocycles. The molecule has 1 amide bonds. The maximum atomic E-state index is 13.0. The van der Waals surface area contributed by atoms with Crippen LogP contribution in [0.1, 0.15) is 12.0 Å². The van der Waals surface area contributed by atoms with Crippen LogP contribution in [0.2, 0.25) is 0 Å². The topological polar surface area (TPSA) is 108 Å². The fourth-order valence-electron chi connectivity index (χ4n) is 4.17. The smallest absolute Gasteiger partial charge is 0.241 e. The summed E-state index contributed by atoms with van der Waals surface area (Å²) in [7, 11) is -1.92. The number of sulfonamides is 1. The molecule has 9 nitrogen and oxygen atoms in total. The number of nitrogens with zero attached hydrogens (tertiary/aromatic N) is 5. The molecule has 10 heteroatoms. The molecule has 36 heavy (non-hydrogen) atoms. The van der Waals surface area contributed by atoms with Crippen molar-refractivity contribution in [2.24, 2.45) is 0 Å². The number of carbonyl (C=O) groups excluding carboxylic acids is 1. The van der Waals surface area contributed by atoms with Crippen LogP contribution in [0.5, 0.6) is 0 Å². The van der Waals surface area contributed by atoms with Crippen molar-refractivity contribution in [3.8, 4) is 11.3 Å². The monoisotopic (exact) mass is 502 g/mol. The zero-order valence-corrected chi connectivity index (χ0v) is 20.6. The Bertz CT molecular complexity index is 1510. The molecule has 0 saturated carbocycles. The minimum Gasteiger partial charge on any atom is -0.345 e. The summed E-state index contributed by atoms with van der Waals surface area (Å²) in [5, 5.41) is 0. The van der Waals surface area contributed by atoms with Crippen LogP contribution in [0.15, 0.2) is 78.0 Å². The largest absolute Gasteiger partial charge is 0.345 e. The van der Waals surface area contributed by atoms with Gasteiger partial charge in [-0.25, -0.2) is 28.1 Å². The van der Waals surface area contributed by atoms with Gasteiger partial charge in [-0.05, 0) is 36.2 Å². The summed E-state index contributed by atoms with van der Waals surface area (Å²) in [6.45, 7) is 1.78. The van der Waals surface area contributed by atoms with Crippen LogP contribution in [0.4, 0.5) is 5.82 Å². The van der Waals surface area contributed by atoms with E-state index >= 15 is 0 Å². The van der Waals surface area contributed by atoms with E-state index in [0.29, 0.717) is 41.2 Å². The second-order valence-corrected chi connectivity index (χ2v) is 10.5. The molecule has 4 aromatic rings. The Morgan fingerprint density at radius 3 is 2.64 bits per heavy atom. The molecular formula is C26H26N6O3S. The van der Waals surface area contributed by atoms with Crippen molar-refractivity contribution in [3.05, 3.63) is 78.6 Å². The standard InChI is InChI=1S/C26H26N6O3S/c1-31-13-6-14-32(17-24(31)33)26-25-23(27-18-28-26)12-11-22(30-25)20-9-5-10-21(15-20)36(34,35)29-16-19-7-3-2-4-8-19/h2-5,7-12,15,18,29H,6,13-14,16-17H2,1H3. The Kier molecular flexibility index (Phi) is 6.62. The minimum absolute atomic E-state index is 0.0244. The number of fused-ring (bicyclic) bond motifs is 1. The van der Waals surface area contributed by atoms with E-state index < -0.39 is 10.0 Å². The van der Waals surface area contributed by atoms with Crippen LogP contribution in [-0.2, 0) is 21.4 Å². The van der Waals surface area contributed by atoms with Gasteiger partial charge in [-0.1, -0.05) is 42.5 Å². The first-order valence-corrected chi connectivity index (χ1v) is 13.1. The van der Waals surface area contributed by atoms with E-state index in [1.165, 1.54) is 6.33 Å². The molecule has 0 bridgehead atoms. The minimum atomic E-state index is -3.73. The van der Waals surface area contributed by atoms with Crippen LogP contribution in [0.25, 0.3) is 22.3 Å². The highest BCUT2D eigenvalue weighted by molar-refractivity contribution is 7.89. The predicted molar refractivity (Wildman–Crippen MR) is 138 cm³/mol. The molecule has 0 atom stereocenters. The van der Waals surface area contributed by atoms with Crippen LogP contribution in [0.3, 0.4) is 0 Å². The lowest BCUT2D eigenvalue weighted by Crippen LogP contribution is -2.34. The summed E-state index contributed by atoms with van der Waals surface area (Å²) in [5.41, 5.74) is 3.35. The van der Waals surface area contributed by atoms with Crippen molar-refractivity contribution >= 4 is 32.8 Å². The third-order valence-corrected chi connectivity index (χ3v) is 7.58. The lowest BCUT2D eigenvalue weighted by Gasteiger charge is -2.21. The van der Waals surface area contributed by atoms with Gasteiger partial charge in [0.1, 0.15) is 11.8 Å². The number of likely N-dealkylation sites (N-methyl/N-ethyl adjacent to an activating group) is 1. The highest BCUT2D eigenvalue weighted by Gasteiger charge is 2.23. The second-order valence-electron chi connectivity index (χ2n) is 8.69. The van der Waals surface area contributed by atoms with Crippen molar-refractivity contribution in [1.82, 2.24) is 24.6 Å². The second kappa shape index (κ2) is 10.00. The number of pyridine rings is 1. The maximum Gasteiger partial charge on any atom is 0.241 e. The molecule has 0 radical (unpaired) electrons. The number of hydrogen-bond donors (Lipinski definition) is 1. The summed E-state index contributed by atoms with van der Waals surface area (Å²) < 4.78 is 28.6. The van der Waals surface area contributed by atoms with Gasteiger partial charge in [0.05, 0.1) is 22.7 Å². The van der Waals surface area contributed by atoms with E-state index in [2.05, 4.69) is 14.7 Å². The first kappa shape index (κ1) is 23.8. The summed E-state index contributed by atoms with van der Waals surface area (Å²) in [5.74, 6) is 0.620. The first-order chi connectivity index (χ1) is 17.4. The highest BCUT2D eigenvalue weighted by atomic mass is 32.2. The van der Waals surface area contributed by atoms with E-state index in [1.807, 2.05) is 53.4 Å². The normalized spacial score (nSPS) is 14.8. The Labute approximate surface area is 209 Å². The van der Waals surface area contributed by atoms with Crippen molar-refractivity contribution < 1.29 is 13.2 Å². The Morgan fingerprint density at radius 2 is 1.81 bits per heavy atom. The molecule has 1 aliphatic rings. The van der Waals surface area contributed by atoms with Crippen molar-refractivity contribution in [2.75, 3.05) is 31.6 Å². The Balaban J connectivity index is 1.46. The summed E-state index contributed by atoms with van der Waals surface area (Å²) in [6, 6.07) is 19.7. The number of aromatic nitrogens is 3. The molecule has 1 fully saturated rings. The third kappa shape index (κ3) is 5.05. The molecule has 0 spiro atoms. The molecular weight excluding hydrogens is 476 g/mol. The van der Waals surface area contributed by atoms with Crippen LogP contribution in [0, 0.1) is 0 Å². The van der Waals surface area contributed by atoms with Crippen LogP contribution < -0.4 is 9.62 Å². The van der Waals surface area contributed by atoms with E-state index in [0.717, 1.165) is 12.0 Å². The van der Waals surface area contributed by atoms with E-state index in [9.17, 15) is 13.2 Å². The average molecular weight is 503 g/mol. The van der Waals surface area contributed by atoms with Gasteiger partial charge in [0.2, 0.25) is 15.9 Å². The number of rotatable bonds is 6. The van der Waals surface area contributed by atoms with Gasteiger partial charge in [-0.15, -0.1) is 0 Å².